The van der Waals surface area contributed by atoms with Crippen molar-refractivity contribution in [2.45, 2.75) is 27.3 Å². The zero-order chi connectivity index (χ0) is 20.5. The molecule has 2 rings (SSSR count). The van der Waals surface area contributed by atoms with Gasteiger partial charge in [-0.2, -0.15) is 0 Å². The third-order valence-electron chi connectivity index (χ3n) is 4.66. The Morgan fingerprint density at radius 2 is 1.54 bits per heavy atom. The van der Waals surface area contributed by atoms with Crippen LogP contribution in [0.25, 0.3) is 0 Å². The van der Waals surface area contributed by atoms with Crippen LogP contribution in [-0.2, 0) is 11.3 Å². The lowest BCUT2D eigenvalue weighted by Crippen LogP contribution is -3.09. The van der Waals surface area contributed by atoms with Crippen molar-refractivity contribution in [1.29, 1.82) is 0 Å². The fourth-order valence-electron chi connectivity index (χ4n) is 3.05. The number of nitrogens with zero attached hydrogens (tertiary/aromatic N) is 1. The summed E-state index contributed by atoms with van der Waals surface area (Å²) in [5.74, 6) is -0.548. The number of quaternary nitrogens is 1. The summed E-state index contributed by atoms with van der Waals surface area (Å²) >= 11 is 0. The van der Waals surface area contributed by atoms with Crippen molar-refractivity contribution in [3.05, 3.63) is 65.2 Å². The minimum Gasteiger partial charge on any atom is -0.372 e. The maximum absolute atomic E-state index is 12.2. The van der Waals surface area contributed by atoms with Gasteiger partial charge in [-0.3, -0.25) is 20.4 Å². The van der Waals surface area contributed by atoms with Gasteiger partial charge >= 0.3 is 0 Å². The molecule has 0 spiro atoms. The van der Waals surface area contributed by atoms with Crippen molar-refractivity contribution < 1.29 is 14.5 Å². The lowest BCUT2D eigenvalue weighted by molar-refractivity contribution is -0.885. The van der Waals surface area contributed by atoms with Crippen LogP contribution >= 0.6 is 0 Å². The molecule has 0 heterocycles. The second-order valence-electron chi connectivity index (χ2n) is 7.02. The van der Waals surface area contributed by atoms with Crippen LogP contribution in [0.5, 0.6) is 0 Å². The second-order valence-corrected chi connectivity index (χ2v) is 7.02. The van der Waals surface area contributed by atoms with Gasteiger partial charge in [0.25, 0.3) is 11.8 Å². The molecule has 3 N–H and O–H groups in total. The van der Waals surface area contributed by atoms with E-state index in [1.54, 1.807) is 12.1 Å². The summed E-state index contributed by atoms with van der Waals surface area (Å²) in [6, 6.07) is 15.6. The fourth-order valence-corrected chi connectivity index (χ4v) is 3.05. The molecule has 0 saturated carbocycles. The highest BCUT2D eigenvalue weighted by Crippen LogP contribution is 2.14. The van der Waals surface area contributed by atoms with Crippen molar-refractivity contribution in [3.63, 3.8) is 0 Å². The Bertz CT molecular complexity index is 768. The molecule has 0 fully saturated rings. The van der Waals surface area contributed by atoms with E-state index >= 15 is 0 Å². The monoisotopic (exact) mass is 383 g/mol. The van der Waals surface area contributed by atoms with Crippen LogP contribution < -0.4 is 20.7 Å². The van der Waals surface area contributed by atoms with Gasteiger partial charge in [-0.15, -0.1) is 0 Å². The van der Waals surface area contributed by atoms with Crippen LogP contribution in [0.3, 0.4) is 0 Å². The molecule has 0 bridgehead atoms. The molecule has 1 unspecified atom stereocenters. The molecular formula is C22H31N4O2+. The van der Waals surface area contributed by atoms with E-state index in [-0.39, 0.29) is 18.4 Å². The maximum Gasteiger partial charge on any atom is 0.293 e. The number of benzene rings is 2. The molecule has 150 valence electrons. The number of carbonyl (C=O) groups is 2. The number of hydrogen-bond acceptors (Lipinski definition) is 3. The maximum atomic E-state index is 12.2. The first-order valence-electron chi connectivity index (χ1n) is 9.74. The third-order valence-corrected chi connectivity index (χ3v) is 4.66. The molecule has 28 heavy (non-hydrogen) atoms. The van der Waals surface area contributed by atoms with Crippen molar-refractivity contribution in [3.8, 4) is 0 Å². The first kappa shape index (κ1) is 21.4. The Balaban J connectivity index is 1.79. The summed E-state index contributed by atoms with van der Waals surface area (Å²) in [5.41, 5.74) is 8.96. The number of aryl methyl sites for hydroxylation is 1. The minimum atomic E-state index is -0.323. The first-order chi connectivity index (χ1) is 13.4. The second kappa shape index (κ2) is 10.5. The molecular weight excluding hydrogens is 352 g/mol. The minimum absolute atomic E-state index is 0.224. The van der Waals surface area contributed by atoms with Gasteiger partial charge in [0.15, 0.2) is 6.54 Å². The van der Waals surface area contributed by atoms with Crippen molar-refractivity contribution in [2.24, 2.45) is 0 Å². The van der Waals surface area contributed by atoms with Crippen LogP contribution in [0.4, 0.5) is 5.69 Å². The summed E-state index contributed by atoms with van der Waals surface area (Å²) in [6.45, 7) is 9.08. The zero-order valence-electron chi connectivity index (χ0n) is 17.2. The molecule has 0 saturated heterocycles. The highest BCUT2D eigenvalue weighted by atomic mass is 16.2. The van der Waals surface area contributed by atoms with Gasteiger partial charge in [0.1, 0.15) is 6.54 Å². The van der Waals surface area contributed by atoms with Gasteiger partial charge < -0.3 is 9.80 Å². The number of amides is 2. The number of likely N-dealkylation sites (N-methyl/N-ethyl adjacent to an activating group) is 1. The normalized spacial score (nSPS) is 11.6. The lowest BCUT2D eigenvalue weighted by Gasteiger charge is -2.21. The summed E-state index contributed by atoms with van der Waals surface area (Å²) in [5, 5.41) is 0. The highest BCUT2D eigenvalue weighted by molar-refractivity contribution is 5.95. The molecule has 2 aromatic carbocycles. The van der Waals surface area contributed by atoms with Gasteiger partial charge in [-0.05, 0) is 45.0 Å². The van der Waals surface area contributed by atoms with E-state index in [1.807, 2.05) is 26.1 Å². The van der Waals surface area contributed by atoms with Gasteiger partial charge in [-0.1, -0.05) is 29.8 Å². The number of nitrogens with one attached hydrogen (secondary N) is 3. The molecule has 0 aliphatic rings. The molecule has 0 aliphatic carbocycles. The summed E-state index contributed by atoms with van der Waals surface area (Å²) in [4.78, 5) is 27.6. The Morgan fingerprint density at radius 1 is 0.929 bits per heavy atom. The Labute approximate surface area is 167 Å². The van der Waals surface area contributed by atoms with Gasteiger partial charge in [0.05, 0.1) is 7.05 Å². The third kappa shape index (κ3) is 6.39. The summed E-state index contributed by atoms with van der Waals surface area (Å²) in [7, 11) is 1.95. The van der Waals surface area contributed by atoms with E-state index in [2.05, 4.69) is 53.9 Å². The number of anilines is 1. The van der Waals surface area contributed by atoms with Gasteiger partial charge in [-0.25, -0.2) is 0 Å². The Kier molecular flexibility index (Phi) is 8.02. The van der Waals surface area contributed by atoms with E-state index in [9.17, 15) is 9.59 Å². The van der Waals surface area contributed by atoms with Crippen molar-refractivity contribution in [1.82, 2.24) is 10.9 Å². The first-order valence-corrected chi connectivity index (χ1v) is 9.74. The lowest BCUT2D eigenvalue weighted by atomic mass is 10.1. The summed E-state index contributed by atoms with van der Waals surface area (Å²) in [6.07, 6.45) is 0. The predicted octanol–water partition coefficient (Wildman–Crippen LogP) is 1.32. The molecule has 2 aromatic rings. The largest absolute Gasteiger partial charge is 0.372 e. The topological polar surface area (TPSA) is 65.9 Å². The van der Waals surface area contributed by atoms with E-state index in [1.165, 1.54) is 11.1 Å². The van der Waals surface area contributed by atoms with Crippen LogP contribution in [0.15, 0.2) is 48.5 Å². The number of hydrazine groups is 1. The quantitative estimate of drug-likeness (QED) is 0.603. The molecule has 0 aromatic heterocycles. The summed E-state index contributed by atoms with van der Waals surface area (Å²) < 4.78 is 0. The highest BCUT2D eigenvalue weighted by Gasteiger charge is 2.13. The van der Waals surface area contributed by atoms with E-state index < -0.39 is 0 Å². The average Bonchev–Trinajstić information content (AvgIpc) is 2.69. The number of hydrogen-bond donors (Lipinski definition) is 3. The van der Waals surface area contributed by atoms with Gasteiger partial charge in [0, 0.05) is 29.9 Å². The Morgan fingerprint density at radius 3 is 2.11 bits per heavy atom. The van der Waals surface area contributed by atoms with Crippen molar-refractivity contribution >= 4 is 17.5 Å². The standard InChI is InChI=1S/C22H30N4O2/c1-5-26(6-2)20-13-11-19(12-14-20)22(28)24-23-21(27)16-25(4)15-18-9-7-17(3)8-10-18/h7-14H,5-6,15-16H2,1-4H3,(H,23,27)(H,24,28)/p+1. The van der Waals surface area contributed by atoms with Crippen LogP contribution in [0.1, 0.15) is 35.3 Å². The number of carbonyl (C=O) groups excluding carboxylic acids is 2. The number of rotatable bonds is 8. The molecule has 2 amide bonds. The fraction of sp³-hybridized carbons (Fsp3) is 0.364. The average molecular weight is 384 g/mol. The van der Waals surface area contributed by atoms with Crippen molar-refractivity contribution in [2.75, 3.05) is 31.6 Å². The SMILES string of the molecule is CCN(CC)c1ccc(C(=O)NNC(=O)C[NH+](C)Cc2ccc(C)cc2)cc1. The zero-order valence-corrected chi connectivity index (χ0v) is 17.2. The molecule has 6 nitrogen and oxygen atoms in total. The van der Waals surface area contributed by atoms with E-state index in [4.69, 9.17) is 0 Å². The van der Waals surface area contributed by atoms with E-state index in [0.29, 0.717) is 5.56 Å². The Hall–Kier alpha value is -2.86. The molecule has 6 heteroatoms. The smallest absolute Gasteiger partial charge is 0.293 e. The van der Waals surface area contributed by atoms with Crippen LogP contribution in [0, 0.1) is 6.92 Å². The van der Waals surface area contributed by atoms with Crippen LogP contribution in [0.2, 0.25) is 0 Å². The molecule has 0 aliphatic heterocycles. The van der Waals surface area contributed by atoms with Crippen LogP contribution in [-0.4, -0.2) is 38.5 Å². The predicted molar refractivity (Wildman–Crippen MR) is 112 cm³/mol. The molecule has 1 atom stereocenters. The van der Waals surface area contributed by atoms with Gasteiger partial charge in [0.2, 0.25) is 0 Å². The molecule has 0 radical (unpaired) electrons. The van der Waals surface area contributed by atoms with E-state index in [0.717, 1.165) is 30.2 Å².